The van der Waals surface area contributed by atoms with Crippen LogP contribution in [0.5, 0.6) is 0 Å². The van der Waals surface area contributed by atoms with E-state index in [1.807, 2.05) is 38.1 Å². The number of carbonyl (C=O) groups is 1. The van der Waals surface area contributed by atoms with Gasteiger partial charge in [-0.1, -0.05) is 37.3 Å². The number of pyridine rings is 1. The van der Waals surface area contributed by atoms with Gasteiger partial charge in [0.05, 0.1) is 0 Å². The number of nitrogens with zero attached hydrogens (tertiary/aromatic N) is 1. The van der Waals surface area contributed by atoms with E-state index in [9.17, 15) is 4.79 Å². The van der Waals surface area contributed by atoms with Crippen molar-refractivity contribution in [2.24, 2.45) is 0 Å². The predicted molar refractivity (Wildman–Crippen MR) is 85.5 cm³/mol. The zero-order valence-electron chi connectivity index (χ0n) is 12.9. The lowest BCUT2D eigenvalue weighted by Crippen LogP contribution is -2.26. The third-order valence-electron chi connectivity index (χ3n) is 3.72. The molecule has 0 aliphatic carbocycles. The van der Waals surface area contributed by atoms with Gasteiger partial charge in [-0.05, 0) is 43.4 Å². The summed E-state index contributed by atoms with van der Waals surface area (Å²) in [6.07, 6.45) is 2.68. The normalized spacial score (nSPS) is 12.0. The van der Waals surface area contributed by atoms with Crippen LogP contribution >= 0.6 is 0 Å². The quantitative estimate of drug-likeness (QED) is 0.910. The van der Waals surface area contributed by atoms with E-state index < -0.39 is 0 Å². The van der Waals surface area contributed by atoms with Crippen molar-refractivity contribution in [2.45, 2.75) is 33.1 Å². The summed E-state index contributed by atoms with van der Waals surface area (Å²) in [5.41, 5.74) is 3.80. The molecule has 2 aromatic rings. The Balaban J connectivity index is 1.88. The van der Waals surface area contributed by atoms with Gasteiger partial charge in [-0.25, -0.2) is 0 Å². The maximum atomic E-state index is 12.2. The molecule has 0 aliphatic heterocycles. The Morgan fingerprint density at radius 2 is 1.95 bits per heavy atom. The number of aryl methyl sites for hydroxylation is 2. The molecule has 1 unspecified atom stereocenters. The van der Waals surface area contributed by atoms with E-state index in [0.29, 0.717) is 12.5 Å². The molecule has 0 saturated heterocycles. The van der Waals surface area contributed by atoms with Crippen LogP contribution in [0, 0.1) is 13.8 Å². The molecular formula is C18H22N2O. The summed E-state index contributed by atoms with van der Waals surface area (Å²) in [5.74, 6) is 0.421. The fourth-order valence-corrected chi connectivity index (χ4v) is 2.32. The van der Waals surface area contributed by atoms with Gasteiger partial charge < -0.3 is 5.32 Å². The molecule has 0 fully saturated rings. The Kier molecular flexibility index (Phi) is 5.09. The van der Waals surface area contributed by atoms with Crippen molar-refractivity contribution in [1.82, 2.24) is 10.3 Å². The summed E-state index contributed by atoms with van der Waals surface area (Å²) in [7, 11) is 0. The third-order valence-corrected chi connectivity index (χ3v) is 3.72. The number of nitrogens with one attached hydrogen (secondary N) is 1. The molecule has 0 aliphatic rings. The van der Waals surface area contributed by atoms with Crippen molar-refractivity contribution in [1.29, 1.82) is 0 Å². The number of amides is 1. The Bertz CT molecular complexity index is 608. The molecular weight excluding hydrogens is 260 g/mol. The van der Waals surface area contributed by atoms with E-state index in [4.69, 9.17) is 0 Å². The summed E-state index contributed by atoms with van der Waals surface area (Å²) in [5, 5.41) is 3.00. The van der Waals surface area contributed by atoms with Gasteiger partial charge in [-0.3, -0.25) is 9.78 Å². The van der Waals surface area contributed by atoms with Gasteiger partial charge in [0.25, 0.3) is 5.91 Å². The lowest BCUT2D eigenvalue weighted by molar-refractivity contribution is 0.0952. The van der Waals surface area contributed by atoms with Crippen LogP contribution in [0.1, 0.15) is 46.4 Å². The SMILES string of the molecule is Cc1cc(C(=O)NCCC(C)c2ccccc2)c(C)cn1. The zero-order valence-corrected chi connectivity index (χ0v) is 12.9. The second-order valence-corrected chi connectivity index (χ2v) is 5.50. The number of benzene rings is 1. The first kappa shape index (κ1) is 15.2. The Hall–Kier alpha value is -2.16. The highest BCUT2D eigenvalue weighted by Gasteiger charge is 2.10. The van der Waals surface area contributed by atoms with E-state index in [-0.39, 0.29) is 5.91 Å². The summed E-state index contributed by atoms with van der Waals surface area (Å²) < 4.78 is 0. The van der Waals surface area contributed by atoms with Gasteiger partial charge in [-0.15, -0.1) is 0 Å². The number of hydrogen-bond donors (Lipinski definition) is 1. The molecule has 0 saturated carbocycles. The largest absolute Gasteiger partial charge is 0.352 e. The number of rotatable bonds is 5. The molecule has 1 atom stereocenters. The van der Waals surface area contributed by atoms with Gasteiger partial charge in [0.15, 0.2) is 0 Å². The van der Waals surface area contributed by atoms with E-state index in [1.54, 1.807) is 6.20 Å². The fraction of sp³-hybridized carbons (Fsp3) is 0.333. The second kappa shape index (κ2) is 7.02. The third kappa shape index (κ3) is 4.15. The molecule has 110 valence electrons. The first-order valence-electron chi connectivity index (χ1n) is 7.34. The van der Waals surface area contributed by atoms with Crippen molar-refractivity contribution in [3.63, 3.8) is 0 Å². The second-order valence-electron chi connectivity index (χ2n) is 5.50. The standard InChI is InChI=1S/C18H22N2O/c1-13(16-7-5-4-6-8-16)9-10-19-18(21)17-11-15(3)20-12-14(17)2/h4-8,11-13H,9-10H2,1-3H3,(H,19,21). The van der Waals surface area contributed by atoms with Crippen LogP contribution in [-0.2, 0) is 0 Å². The number of carbonyl (C=O) groups excluding carboxylic acids is 1. The number of hydrogen-bond acceptors (Lipinski definition) is 2. The van der Waals surface area contributed by atoms with Gasteiger partial charge >= 0.3 is 0 Å². The number of aromatic nitrogens is 1. The maximum absolute atomic E-state index is 12.2. The van der Waals surface area contributed by atoms with Crippen molar-refractivity contribution < 1.29 is 4.79 Å². The van der Waals surface area contributed by atoms with Crippen LogP contribution in [0.2, 0.25) is 0 Å². The van der Waals surface area contributed by atoms with E-state index >= 15 is 0 Å². The molecule has 21 heavy (non-hydrogen) atoms. The molecule has 2 rings (SSSR count). The Morgan fingerprint density at radius 3 is 2.67 bits per heavy atom. The maximum Gasteiger partial charge on any atom is 0.251 e. The summed E-state index contributed by atoms with van der Waals surface area (Å²) in [6, 6.07) is 12.2. The van der Waals surface area contributed by atoms with E-state index in [1.165, 1.54) is 5.56 Å². The molecule has 1 heterocycles. The van der Waals surface area contributed by atoms with Crippen molar-refractivity contribution in [3.05, 3.63) is 65.0 Å². The average Bonchev–Trinajstić information content (AvgIpc) is 2.50. The lowest BCUT2D eigenvalue weighted by atomic mass is 9.98. The van der Waals surface area contributed by atoms with Crippen LogP contribution in [0.4, 0.5) is 0 Å². The topological polar surface area (TPSA) is 42.0 Å². The van der Waals surface area contributed by atoms with E-state index in [2.05, 4.69) is 29.4 Å². The van der Waals surface area contributed by atoms with Gasteiger partial charge in [-0.2, -0.15) is 0 Å². The first-order chi connectivity index (χ1) is 10.1. The van der Waals surface area contributed by atoms with Gasteiger partial charge in [0.2, 0.25) is 0 Å². The van der Waals surface area contributed by atoms with Crippen molar-refractivity contribution in [2.75, 3.05) is 6.54 Å². The first-order valence-corrected chi connectivity index (χ1v) is 7.34. The molecule has 1 amide bonds. The average molecular weight is 282 g/mol. The summed E-state index contributed by atoms with van der Waals surface area (Å²) in [4.78, 5) is 16.4. The van der Waals surface area contributed by atoms with Gasteiger partial charge in [0.1, 0.15) is 0 Å². The zero-order chi connectivity index (χ0) is 15.2. The van der Waals surface area contributed by atoms with Gasteiger partial charge in [0, 0.05) is 24.0 Å². The van der Waals surface area contributed by atoms with E-state index in [0.717, 1.165) is 23.2 Å². The molecule has 3 nitrogen and oxygen atoms in total. The minimum absolute atomic E-state index is 0.0155. The highest BCUT2D eigenvalue weighted by atomic mass is 16.1. The Morgan fingerprint density at radius 1 is 1.24 bits per heavy atom. The summed E-state index contributed by atoms with van der Waals surface area (Å²) in [6.45, 7) is 6.67. The monoisotopic (exact) mass is 282 g/mol. The molecule has 1 aromatic carbocycles. The predicted octanol–water partition coefficient (Wildman–Crippen LogP) is 3.62. The fourth-order valence-electron chi connectivity index (χ4n) is 2.32. The minimum Gasteiger partial charge on any atom is -0.352 e. The van der Waals surface area contributed by atoms with Crippen LogP contribution < -0.4 is 5.32 Å². The van der Waals surface area contributed by atoms with Crippen LogP contribution in [-0.4, -0.2) is 17.4 Å². The van der Waals surface area contributed by atoms with Crippen LogP contribution in [0.15, 0.2) is 42.6 Å². The molecule has 1 aromatic heterocycles. The minimum atomic E-state index is -0.0155. The summed E-state index contributed by atoms with van der Waals surface area (Å²) >= 11 is 0. The van der Waals surface area contributed by atoms with Crippen LogP contribution in [0.25, 0.3) is 0 Å². The smallest absolute Gasteiger partial charge is 0.251 e. The van der Waals surface area contributed by atoms with Crippen molar-refractivity contribution >= 4 is 5.91 Å². The van der Waals surface area contributed by atoms with Crippen LogP contribution in [0.3, 0.4) is 0 Å². The Labute approximate surface area is 126 Å². The molecule has 0 spiro atoms. The molecule has 0 radical (unpaired) electrons. The molecule has 3 heteroatoms. The lowest BCUT2D eigenvalue weighted by Gasteiger charge is -2.13. The molecule has 0 bridgehead atoms. The van der Waals surface area contributed by atoms with Crippen molar-refractivity contribution in [3.8, 4) is 0 Å². The highest BCUT2D eigenvalue weighted by Crippen LogP contribution is 2.17. The highest BCUT2D eigenvalue weighted by molar-refractivity contribution is 5.95. The molecule has 1 N–H and O–H groups in total.